The lowest BCUT2D eigenvalue weighted by atomic mass is 9.96. The van der Waals surface area contributed by atoms with Gasteiger partial charge in [-0.25, -0.2) is 4.79 Å². The molecule has 0 fully saturated rings. The van der Waals surface area contributed by atoms with E-state index in [-0.39, 0.29) is 5.78 Å². The first-order valence-corrected chi connectivity index (χ1v) is 7.08. The molecule has 120 valence electrons. The third-order valence-electron chi connectivity index (χ3n) is 3.44. The number of ketones is 1. The summed E-state index contributed by atoms with van der Waals surface area (Å²) in [6.07, 6.45) is 0. The minimum Gasteiger partial charge on any atom is -0.497 e. The van der Waals surface area contributed by atoms with Crippen LogP contribution in [0.3, 0.4) is 0 Å². The van der Waals surface area contributed by atoms with Crippen LogP contribution < -0.4 is 9.62 Å². The van der Waals surface area contributed by atoms with E-state index in [1.807, 2.05) is 6.92 Å². The van der Waals surface area contributed by atoms with Crippen LogP contribution in [0, 0.1) is 13.8 Å². The van der Waals surface area contributed by atoms with Crippen molar-refractivity contribution >= 4 is 11.8 Å². The monoisotopic (exact) mass is 314 g/mol. The van der Waals surface area contributed by atoms with Gasteiger partial charge in [0.2, 0.25) is 0 Å². The molecule has 0 aliphatic rings. The second kappa shape index (κ2) is 6.96. The topological polar surface area (TPSA) is 61.8 Å². The standard InChI is InChI=1S/C18H18O5/c1-11-5-10-16(12(2)18(11)23-22-13(3)19)17(20)14-6-8-15(21-4)9-7-14/h5-10H,1-4H3. The average Bonchev–Trinajstić information content (AvgIpc) is 2.54. The van der Waals surface area contributed by atoms with Crippen LogP contribution in [0.25, 0.3) is 0 Å². The van der Waals surface area contributed by atoms with Crippen LogP contribution >= 0.6 is 0 Å². The first kappa shape index (κ1) is 16.5. The molecule has 0 heterocycles. The minimum absolute atomic E-state index is 0.141. The smallest absolute Gasteiger partial charge is 0.352 e. The fraction of sp³-hybridized carbons (Fsp3) is 0.222. The van der Waals surface area contributed by atoms with Crippen molar-refractivity contribution in [2.45, 2.75) is 20.8 Å². The normalized spacial score (nSPS) is 10.1. The number of carbonyl (C=O) groups excluding carboxylic acids is 2. The van der Waals surface area contributed by atoms with E-state index in [0.717, 1.165) is 5.56 Å². The Morgan fingerprint density at radius 1 is 0.957 bits per heavy atom. The maximum absolute atomic E-state index is 12.7. The van der Waals surface area contributed by atoms with Crippen molar-refractivity contribution in [2.24, 2.45) is 0 Å². The summed E-state index contributed by atoms with van der Waals surface area (Å²) in [5, 5.41) is 0. The summed E-state index contributed by atoms with van der Waals surface area (Å²) in [6.45, 7) is 4.81. The van der Waals surface area contributed by atoms with Gasteiger partial charge in [0.25, 0.3) is 0 Å². The second-order valence-corrected chi connectivity index (χ2v) is 5.10. The SMILES string of the molecule is COc1ccc(C(=O)c2ccc(C)c(OOC(C)=O)c2C)cc1. The van der Waals surface area contributed by atoms with E-state index in [4.69, 9.17) is 9.62 Å². The predicted octanol–water partition coefficient (Wildman–Crippen LogP) is 3.40. The van der Waals surface area contributed by atoms with Gasteiger partial charge in [0.1, 0.15) is 5.75 Å². The van der Waals surface area contributed by atoms with Crippen LogP contribution in [0.1, 0.15) is 34.0 Å². The summed E-state index contributed by atoms with van der Waals surface area (Å²) in [6, 6.07) is 10.3. The van der Waals surface area contributed by atoms with E-state index in [2.05, 4.69) is 4.89 Å². The van der Waals surface area contributed by atoms with E-state index in [0.29, 0.717) is 28.2 Å². The van der Waals surface area contributed by atoms with Crippen LogP contribution in [0.15, 0.2) is 36.4 Å². The Morgan fingerprint density at radius 3 is 2.17 bits per heavy atom. The van der Waals surface area contributed by atoms with Gasteiger partial charge in [-0.05, 0) is 43.7 Å². The summed E-state index contributed by atoms with van der Waals surface area (Å²) in [5.74, 6) is 0.356. The van der Waals surface area contributed by atoms with Crippen molar-refractivity contribution in [3.05, 3.63) is 58.7 Å². The first-order valence-electron chi connectivity index (χ1n) is 7.08. The highest BCUT2D eigenvalue weighted by molar-refractivity contribution is 6.10. The van der Waals surface area contributed by atoms with E-state index in [1.54, 1.807) is 50.4 Å². The molecule has 0 aromatic heterocycles. The molecule has 2 aromatic rings. The van der Waals surface area contributed by atoms with Gasteiger partial charge in [-0.3, -0.25) is 14.6 Å². The van der Waals surface area contributed by atoms with Crippen molar-refractivity contribution in [2.75, 3.05) is 7.11 Å². The molecule has 0 N–H and O–H groups in total. The van der Waals surface area contributed by atoms with Crippen molar-refractivity contribution in [1.29, 1.82) is 0 Å². The largest absolute Gasteiger partial charge is 0.497 e. The van der Waals surface area contributed by atoms with Crippen molar-refractivity contribution in [1.82, 2.24) is 0 Å². The van der Waals surface area contributed by atoms with Crippen molar-refractivity contribution in [3.63, 3.8) is 0 Å². The summed E-state index contributed by atoms with van der Waals surface area (Å²) < 4.78 is 5.09. The van der Waals surface area contributed by atoms with E-state index < -0.39 is 5.97 Å². The molecule has 0 amide bonds. The van der Waals surface area contributed by atoms with Gasteiger partial charge < -0.3 is 4.74 Å². The van der Waals surface area contributed by atoms with Gasteiger partial charge in [0.05, 0.1) is 7.11 Å². The highest BCUT2D eigenvalue weighted by Gasteiger charge is 2.17. The van der Waals surface area contributed by atoms with E-state index in [9.17, 15) is 9.59 Å². The van der Waals surface area contributed by atoms with Crippen LogP contribution in [-0.2, 0) is 9.68 Å². The summed E-state index contributed by atoms with van der Waals surface area (Å²) in [7, 11) is 1.57. The fourth-order valence-electron chi connectivity index (χ4n) is 2.20. The first-order chi connectivity index (χ1) is 10.9. The molecule has 0 aliphatic heterocycles. The minimum atomic E-state index is -0.560. The highest BCUT2D eigenvalue weighted by Crippen LogP contribution is 2.28. The summed E-state index contributed by atoms with van der Waals surface area (Å²) in [5.41, 5.74) is 2.42. The highest BCUT2D eigenvalue weighted by atomic mass is 17.2. The molecule has 0 radical (unpaired) electrons. The Bertz CT molecular complexity index is 732. The Morgan fingerprint density at radius 2 is 1.61 bits per heavy atom. The van der Waals surface area contributed by atoms with Gasteiger partial charge in [-0.15, -0.1) is 0 Å². The van der Waals surface area contributed by atoms with Gasteiger partial charge in [-0.1, -0.05) is 12.1 Å². The number of ether oxygens (including phenoxy) is 1. The molecule has 0 spiro atoms. The summed E-state index contributed by atoms with van der Waals surface area (Å²) in [4.78, 5) is 33.2. The molecule has 0 atom stereocenters. The molecule has 5 nitrogen and oxygen atoms in total. The molecule has 23 heavy (non-hydrogen) atoms. The molecular weight excluding hydrogens is 296 g/mol. The molecule has 2 rings (SSSR count). The lowest BCUT2D eigenvalue weighted by molar-refractivity contribution is -0.211. The molecule has 2 aromatic carbocycles. The molecule has 0 unspecified atom stereocenters. The van der Waals surface area contributed by atoms with Gasteiger partial charge >= 0.3 is 5.97 Å². The Hall–Kier alpha value is -2.82. The number of methoxy groups -OCH3 is 1. The van der Waals surface area contributed by atoms with Crippen LogP contribution in [0.4, 0.5) is 0 Å². The molecule has 0 bridgehead atoms. The third kappa shape index (κ3) is 3.69. The number of benzene rings is 2. The molecule has 0 saturated heterocycles. The lowest BCUT2D eigenvalue weighted by Gasteiger charge is -2.12. The lowest BCUT2D eigenvalue weighted by Crippen LogP contribution is -2.09. The van der Waals surface area contributed by atoms with Gasteiger partial charge in [-0.2, -0.15) is 0 Å². The fourth-order valence-corrected chi connectivity index (χ4v) is 2.20. The summed E-state index contributed by atoms with van der Waals surface area (Å²) >= 11 is 0. The Labute approximate surface area is 134 Å². The zero-order valence-electron chi connectivity index (χ0n) is 13.5. The van der Waals surface area contributed by atoms with Crippen LogP contribution in [-0.4, -0.2) is 18.9 Å². The maximum Gasteiger partial charge on any atom is 0.352 e. The van der Waals surface area contributed by atoms with Crippen molar-refractivity contribution < 1.29 is 24.1 Å². The third-order valence-corrected chi connectivity index (χ3v) is 3.44. The molecular formula is C18H18O5. The number of aryl methyl sites for hydroxylation is 1. The molecule has 0 aliphatic carbocycles. The molecule has 0 saturated carbocycles. The number of carbonyl (C=O) groups is 2. The number of rotatable bonds is 5. The Kier molecular flexibility index (Phi) is 5.01. The number of hydrogen-bond acceptors (Lipinski definition) is 5. The van der Waals surface area contributed by atoms with Crippen LogP contribution in [0.2, 0.25) is 0 Å². The zero-order valence-corrected chi connectivity index (χ0v) is 13.5. The van der Waals surface area contributed by atoms with Crippen molar-refractivity contribution in [3.8, 4) is 11.5 Å². The maximum atomic E-state index is 12.7. The second-order valence-electron chi connectivity index (χ2n) is 5.10. The van der Waals surface area contributed by atoms with E-state index in [1.165, 1.54) is 6.92 Å². The Balaban J connectivity index is 2.36. The van der Waals surface area contributed by atoms with Gasteiger partial charge in [0, 0.05) is 23.6 Å². The average molecular weight is 314 g/mol. The quantitative estimate of drug-likeness (QED) is 0.481. The van der Waals surface area contributed by atoms with E-state index >= 15 is 0 Å². The molecule has 5 heteroatoms. The predicted molar refractivity (Wildman–Crippen MR) is 84.7 cm³/mol. The zero-order chi connectivity index (χ0) is 17.0. The number of hydrogen-bond donors (Lipinski definition) is 0. The van der Waals surface area contributed by atoms with Crippen LogP contribution in [0.5, 0.6) is 11.5 Å². The van der Waals surface area contributed by atoms with Gasteiger partial charge in [0.15, 0.2) is 11.5 Å².